The minimum absolute atomic E-state index is 0.0639. The molecule has 1 unspecified atom stereocenters. The van der Waals surface area contributed by atoms with E-state index >= 15 is 0 Å². The molecular weight excluding hydrogens is 178 g/mol. The first kappa shape index (κ1) is 11.5. The van der Waals surface area contributed by atoms with Gasteiger partial charge >= 0.3 is 0 Å². The third kappa shape index (κ3) is 3.29. The maximum absolute atomic E-state index is 11.8. The van der Waals surface area contributed by atoms with E-state index in [1.807, 2.05) is 4.90 Å². The lowest BCUT2D eigenvalue weighted by molar-refractivity contribution is -0.132. The lowest BCUT2D eigenvalue weighted by atomic mass is 9.92. The monoisotopic (exact) mass is 199 g/mol. The summed E-state index contributed by atoms with van der Waals surface area (Å²) in [7, 11) is 0. The minimum atomic E-state index is 0.0639. The molecule has 1 atom stereocenters. The van der Waals surface area contributed by atoms with Gasteiger partial charge in [0.2, 0.25) is 5.91 Å². The Hall–Kier alpha value is -0.570. The van der Waals surface area contributed by atoms with Gasteiger partial charge in [0.05, 0.1) is 0 Å². The van der Waals surface area contributed by atoms with E-state index in [0.717, 1.165) is 19.5 Å². The second kappa shape index (κ2) is 4.30. The Morgan fingerprint density at radius 3 is 2.57 bits per heavy atom. The van der Waals surface area contributed by atoms with Gasteiger partial charge in [0.1, 0.15) is 0 Å². The van der Waals surface area contributed by atoms with Crippen molar-refractivity contribution in [1.82, 2.24) is 4.90 Å². The number of aliphatic hydroxyl groups is 1. The van der Waals surface area contributed by atoms with E-state index in [4.69, 9.17) is 5.11 Å². The molecule has 14 heavy (non-hydrogen) atoms. The minimum Gasteiger partial charge on any atom is -0.396 e. The molecule has 1 saturated heterocycles. The zero-order valence-electron chi connectivity index (χ0n) is 9.42. The summed E-state index contributed by atoms with van der Waals surface area (Å²) in [5.74, 6) is 0.535. The van der Waals surface area contributed by atoms with E-state index < -0.39 is 0 Å². The van der Waals surface area contributed by atoms with Crippen molar-refractivity contribution >= 4 is 5.91 Å². The number of carbonyl (C=O) groups excluding carboxylic acids is 1. The number of hydrogen-bond acceptors (Lipinski definition) is 2. The number of carbonyl (C=O) groups is 1. The van der Waals surface area contributed by atoms with Gasteiger partial charge in [-0.2, -0.15) is 0 Å². The van der Waals surface area contributed by atoms with Crippen LogP contribution in [0.1, 0.15) is 33.6 Å². The van der Waals surface area contributed by atoms with E-state index in [1.165, 1.54) is 0 Å². The van der Waals surface area contributed by atoms with E-state index in [2.05, 4.69) is 20.8 Å². The van der Waals surface area contributed by atoms with Gasteiger partial charge in [0.25, 0.3) is 0 Å². The van der Waals surface area contributed by atoms with E-state index in [-0.39, 0.29) is 17.9 Å². The highest BCUT2D eigenvalue weighted by atomic mass is 16.3. The molecule has 0 saturated carbocycles. The highest BCUT2D eigenvalue weighted by Crippen LogP contribution is 2.23. The van der Waals surface area contributed by atoms with Crippen LogP contribution in [0.15, 0.2) is 0 Å². The van der Waals surface area contributed by atoms with Crippen LogP contribution < -0.4 is 0 Å². The summed E-state index contributed by atoms with van der Waals surface area (Å²) in [6.45, 7) is 7.99. The van der Waals surface area contributed by atoms with Crippen LogP contribution in [0.4, 0.5) is 0 Å². The Balaban J connectivity index is 2.40. The van der Waals surface area contributed by atoms with E-state index in [1.54, 1.807) is 0 Å². The molecule has 0 aromatic carbocycles. The number of amides is 1. The van der Waals surface area contributed by atoms with Crippen LogP contribution in [0.5, 0.6) is 0 Å². The summed E-state index contributed by atoms with van der Waals surface area (Å²) in [6, 6.07) is 0. The molecular formula is C11H21NO2. The number of aliphatic hydroxyl groups excluding tert-OH is 1. The summed E-state index contributed by atoms with van der Waals surface area (Å²) in [4.78, 5) is 13.6. The van der Waals surface area contributed by atoms with Crippen molar-refractivity contribution in [3.05, 3.63) is 0 Å². The SMILES string of the molecule is CC(C)(C)CC(=O)N1CCC(CO)C1. The smallest absolute Gasteiger partial charge is 0.223 e. The van der Waals surface area contributed by atoms with Crippen molar-refractivity contribution in [2.45, 2.75) is 33.6 Å². The molecule has 0 aromatic rings. The van der Waals surface area contributed by atoms with E-state index in [0.29, 0.717) is 12.3 Å². The van der Waals surface area contributed by atoms with Crippen LogP contribution in [0.3, 0.4) is 0 Å². The average Bonchev–Trinajstić information content (AvgIpc) is 2.48. The zero-order chi connectivity index (χ0) is 10.8. The van der Waals surface area contributed by atoms with Crippen molar-refractivity contribution in [1.29, 1.82) is 0 Å². The number of rotatable bonds is 2. The summed E-state index contributed by atoms with van der Waals surface area (Å²) >= 11 is 0. The van der Waals surface area contributed by atoms with Crippen molar-refractivity contribution in [2.24, 2.45) is 11.3 Å². The summed E-state index contributed by atoms with van der Waals surface area (Å²) in [6.07, 6.45) is 1.55. The third-order valence-electron chi connectivity index (χ3n) is 2.58. The largest absolute Gasteiger partial charge is 0.396 e. The average molecular weight is 199 g/mol. The summed E-state index contributed by atoms with van der Waals surface area (Å²) < 4.78 is 0. The molecule has 0 aliphatic carbocycles. The Bertz CT molecular complexity index is 208. The fraction of sp³-hybridized carbons (Fsp3) is 0.909. The van der Waals surface area contributed by atoms with Gasteiger partial charge in [-0.25, -0.2) is 0 Å². The molecule has 0 aromatic heterocycles. The lowest BCUT2D eigenvalue weighted by Crippen LogP contribution is -2.31. The number of likely N-dealkylation sites (tertiary alicyclic amines) is 1. The predicted molar refractivity (Wildman–Crippen MR) is 55.8 cm³/mol. The second-order valence-electron chi connectivity index (χ2n) is 5.41. The number of nitrogens with zero attached hydrogens (tertiary/aromatic N) is 1. The van der Waals surface area contributed by atoms with Crippen LogP contribution in [-0.4, -0.2) is 35.6 Å². The van der Waals surface area contributed by atoms with Gasteiger partial charge in [-0.05, 0) is 11.8 Å². The molecule has 1 heterocycles. The summed E-state index contributed by atoms with van der Waals surface area (Å²) in [5.41, 5.74) is 0.0639. The van der Waals surface area contributed by atoms with Crippen LogP contribution >= 0.6 is 0 Å². The lowest BCUT2D eigenvalue weighted by Gasteiger charge is -2.22. The first-order valence-electron chi connectivity index (χ1n) is 5.31. The molecule has 1 fully saturated rings. The first-order chi connectivity index (χ1) is 6.42. The van der Waals surface area contributed by atoms with Crippen LogP contribution in [0, 0.1) is 11.3 Å². The fourth-order valence-corrected chi connectivity index (χ4v) is 1.77. The molecule has 3 heteroatoms. The van der Waals surface area contributed by atoms with Gasteiger partial charge < -0.3 is 10.0 Å². The molecule has 1 rings (SSSR count). The van der Waals surface area contributed by atoms with Crippen molar-refractivity contribution in [2.75, 3.05) is 19.7 Å². The van der Waals surface area contributed by atoms with Gasteiger partial charge in [0, 0.05) is 32.0 Å². The molecule has 82 valence electrons. The van der Waals surface area contributed by atoms with Gasteiger partial charge in [-0.3, -0.25) is 4.79 Å². The normalized spacial score (nSPS) is 22.9. The predicted octanol–water partition coefficient (Wildman–Crippen LogP) is 1.26. The number of hydrogen-bond donors (Lipinski definition) is 1. The van der Waals surface area contributed by atoms with Gasteiger partial charge in [0.15, 0.2) is 0 Å². The Labute approximate surface area is 86.1 Å². The van der Waals surface area contributed by atoms with E-state index in [9.17, 15) is 4.79 Å². The van der Waals surface area contributed by atoms with Crippen molar-refractivity contribution in [3.63, 3.8) is 0 Å². The van der Waals surface area contributed by atoms with Crippen LogP contribution in [0.25, 0.3) is 0 Å². The quantitative estimate of drug-likeness (QED) is 0.727. The van der Waals surface area contributed by atoms with Crippen LogP contribution in [0.2, 0.25) is 0 Å². The Kier molecular flexibility index (Phi) is 3.53. The molecule has 0 spiro atoms. The van der Waals surface area contributed by atoms with Crippen molar-refractivity contribution in [3.8, 4) is 0 Å². The molecule has 1 aliphatic rings. The topological polar surface area (TPSA) is 40.5 Å². The maximum Gasteiger partial charge on any atom is 0.223 e. The molecule has 3 nitrogen and oxygen atoms in total. The standard InChI is InChI=1S/C11H21NO2/c1-11(2,3)6-10(14)12-5-4-9(7-12)8-13/h9,13H,4-8H2,1-3H3. The molecule has 0 radical (unpaired) electrons. The highest BCUT2D eigenvalue weighted by Gasteiger charge is 2.27. The zero-order valence-corrected chi connectivity index (χ0v) is 9.42. The molecule has 1 N–H and O–H groups in total. The Morgan fingerprint density at radius 2 is 2.14 bits per heavy atom. The maximum atomic E-state index is 11.8. The van der Waals surface area contributed by atoms with Gasteiger partial charge in [-0.1, -0.05) is 20.8 Å². The second-order valence-corrected chi connectivity index (χ2v) is 5.41. The fourth-order valence-electron chi connectivity index (χ4n) is 1.77. The Morgan fingerprint density at radius 1 is 1.50 bits per heavy atom. The van der Waals surface area contributed by atoms with Crippen molar-refractivity contribution < 1.29 is 9.90 Å². The first-order valence-corrected chi connectivity index (χ1v) is 5.31. The molecule has 1 amide bonds. The highest BCUT2D eigenvalue weighted by molar-refractivity contribution is 5.77. The summed E-state index contributed by atoms with van der Waals surface area (Å²) in [5, 5.41) is 8.96. The van der Waals surface area contributed by atoms with Crippen LogP contribution in [-0.2, 0) is 4.79 Å². The third-order valence-corrected chi connectivity index (χ3v) is 2.58. The molecule has 1 aliphatic heterocycles. The van der Waals surface area contributed by atoms with Gasteiger partial charge in [-0.15, -0.1) is 0 Å². The molecule has 0 bridgehead atoms.